The maximum Gasteiger partial charge on any atom is 0.335 e. The van der Waals surface area contributed by atoms with Crippen LogP contribution in [0.1, 0.15) is 22.5 Å². The van der Waals surface area contributed by atoms with Crippen LogP contribution in [-0.2, 0) is 0 Å². The normalized spacial score (nSPS) is 10.6. The van der Waals surface area contributed by atoms with E-state index in [1.165, 1.54) is 18.3 Å². The second-order valence-electron chi connectivity index (χ2n) is 2.65. The van der Waals surface area contributed by atoms with E-state index >= 15 is 0 Å². The Balaban J connectivity index is 2.78. The molecule has 0 saturated carbocycles. The molecule has 1 heterocycles. The lowest BCUT2D eigenvalue weighted by atomic mass is 10.2. The van der Waals surface area contributed by atoms with Gasteiger partial charge < -0.3 is 5.11 Å². The number of halogens is 1. The summed E-state index contributed by atoms with van der Waals surface area (Å²) in [5.74, 6) is -0.394. The number of carboxylic acid groups (broad SMARTS) is 1. The van der Waals surface area contributed by atoms with E-state index in [-0.39, 0.29) is 5.56 Å². The van der Waals surface area contributed by atoms with Crippen LogP contribution < -0.4 is 0 Å². The molecular formula is C10H10ClNO2. The summed E-state index contributed by atoms with van der Waals surface area (Å²) in [6.45, 7) is 0. The van der Waals surface area contributed by atoms with E-state index in [0.29, 0.717) is 11.6 Å². The van der Waals surface area contributed by atoms with Crippen LogP contribution in [0.3, 0.4) is 0 Å². The van der Waals surface area contributed by atoms with Gasteiger partial charge in [0.1, 0.15) is 0 Å². The van der Waals surface area contributed by atoms with E-state index in [4.69, 9.17) is 16.7 Å². The van der Waals surface area contributed by atoms with Crippen molar-refractivity contribution in [3.8, 4) is 0 Å². The fourth-order valence-electron chi connectivity index (χ4n) is 0.940. The van der Waals surface area contributed by atoms with Gasteiger partial charge in [0.2, 0.25) is 0 Å². The fraction of sp³-hybridized carbons (Fsp3) is 0.200. The van der Waals surface area contributed by atoms with E-state index < -0.39 is 5.97 Å². The lowest BCUT2D eigenvalue weighted by molar-refractivity contribution is 0.0696. The number of carboxylic acids is 1. The maximum atomic E-state index is 10.6. The first-order valence-corrected chi connectivity index (χ1v) is 4.69. The second-order valence-corrected chi connectivity index (χ2v) is 3.03. The minimum absolute atomic E-state index is 0.241. The summed E-state index contributed by atoms with van der Waals surface area (Å²) < 4.78 is 0. The molecule has 0 aliphatic carbocycles. The second kappa shape index (κ2) is 5.40. The van der Waals surface area contributed by atoms with Crippen molar-refractivity contribution in [2.24, 2.45) is 0 Å². The molecule has 0 unspecified atom stereocenters. The van der Waals surface area contributed by atoms with Crippen LogP contribution in [-0.4, -0.2) is 21.9 Å². The Labute approximate surface area is 87.0 Å². The van der Waals surface area contributed by atoms with E-state index in [2.05, 4.69) is 4.98 Å². The molecule has 14 heavy (non-hydrogen) atoms. The summed E-state index contributed by atoms with van der Waals surface area (Å²) in [6, 6.07) is 2.98. The first-order valence-electron chi connectivity index (χ1n) is 4.16. The molecule has 3 nitrogen and oxygen atoms in total. The molecular weight excluding hydrogens is 202 g/mol. The molecule has 4 heteroatoms. The third-order valence-corrected chi connectivity index (χ3v) is 1.81. The molecule has 1 rings (SSSR count). The van der Waals surface area contributed by atoms with Crippen molar-refractivity contribution in [3.05, 3.63) is 35.7 Å². The Hall–Kier alpha value is -1.35. The average molecular weight is 212 g/mol. The van der Waals surface area contributed by atoms with Crippen LogP contribution in [0.2, 0.25) is 0 Å². The highest BCUT2D eigenvalue weighted by atomic mass is 35.5. The van der Waals surface area contributed by atoms with Gasteiger partial charge in [0.15, 0.2) is 0 Å². The molecule has 1 aromatic heterocycles. The quantitative estimate of drug-likeness (QED) is 0.779. The van der Waals surface area contributed by atoms with Crippen molar-refractivity contribution in [3.63, 3.8) is 0 Å². The van der Waals surface area contributed by atoms with Gasteiger partial charge in [-0.1, -0.05) is 6.08 Å². The van der Waals surface area contributed by atoms with Crippen LogP contribution in [0.25, 0.3) is 6.08 Å². The van der Waals surface area contributed by atoms with Gasteiger partial charge in [0, 0.05) is 12.1 Å². The van der Waals surface area contributed by atoms with Gasteiger partial charge in [-0.25, -0.2) is 4.79 Å². The lowest BCUT2D eigenvalue weighted by Crippen LogP contribution is -1.96. The smallest absolute Gasteiger partial charge is 0.335 e. The molecule has 0 atom stereocenters. The zero-order chi connectivity index (χ0) is 10.4. The minimum Gasteiger partial charge on any atom is -0.478 e. The van der Waals surface area contributed by atoms with Crippen molar-refractivity contribution >= 4 is 23.6 Å². The lowest BCUT2D eigenvalue weighted by Gasteiger charge is -1.95. The van der Waals surface area contributed by atoms with Crippen LogP contribution in [0.5, 0.6) is 0 Å². The summed E-state index contributed by atoms with van der Waals surface area (Å²) >= 11 is 5.48. The number of aromatic carboxylic acids is 1. The topological polar surface area (TPSA) is 50.2 Å². The number of hydrogen-bond acceptors (Lipinski definition) is 2. The van der Waals surface area contributed by atoms with Crippen LogP contribution in [0, 0.1) is 0 Å². The summed E-state index contributed by atoms with van der Waals surface area (Å²) in [6.07, 6.45) is 5.85. The summed E-state index contributed by atoms with van der Waals surface area (Å²) in [5.41, 5.74) is 0.876. The zero-order valence-corrected chi connectivity index (χ0v) is 8.24. The predicted molar refractivity (Wildman–Crippen MR) is 55.6 cm³/mol. The third-order valence-electron chi connectivity index (χ3n) is 1.59. The summed E-state index contributed by atoms with van der Waals surface area (Å²) in [7, 11) is 0. The Morgan fingerprint density at radius 3 is 3.07 bits per heavy atom. The number of carbonyl (C=O) groups is 1. The molecule has 0 bridgehead atoms. The molecule has 0 spiro atoms. The van der Waals surface area contributed by atoms with E-state index in [9.17, 15) is 4.79 Å². The Morgan fingerprint density at radius 1 is 1.64 bits per heavy atom. The average Bonchev–Trinajstić information content (AvgIpc) is 2.19. The highest BCUT2D eigenvalue weighted by Crippen LogP contribution is 2.04. The molecule has 1 aromatic rings. The van der Waals surface area contributed by atoms with Crippen molar-refractivity contribution in [1.29, 1.82) is 0 Å². The number of nitrogens with zero attached hydrogens (tertiary/aromatic N) is 1. The summed E-state index contributed by atoms with van der Waals surface area (Å²) in [4.78, 5) is 14.6. The number of hydrogen-bond donors (Lipinski definition) is 1. The van der Waals surface area contributed by atoms with Gasteiger partial charge >= 0.3 is 5.97 Å². The number of alkyl halides is 1. The highest BCUT2D eigenvalue weighted by Gasteiger charge is 2.01. The third kappa shape index (κ3) is 3.18. The Kier molecular flexibility index (Phi) is 4.13. The number of aromatic nitrogens is 1. The van der Waals surface area contributed by atoms with Crippen molar-refractivity contribution in [2.75, 3.05) is 5.88 Å². The standard InChI is InChI=1S/C10H10ClNO2/c11-5-2-1-3-9-7-8(10(13)14)4-6-12-9/h1,3-4,6-7H,2,5H2,(H,13,14). The van der Waals surface area contributed by atoms with Gasteiger partial charge in [-0.2, -0.15) is 0 Å². The monoisotopic (exact) mass is 211 g/mol. The minimum atomic E-state index is -0.945. The van der Waals surface area contributed by atoms with E-state index in [1.807, 2.05) is 6.08 Å². The first kappa shape index (κ1) is 10.7. The molecule has 0 aromatic carbocycles. The SMILES string of the molecule is O=C(O)c1ccnc(C=CCCCl)c1. The molecule has 74 valence electrons. The van der Waals surface area contributed by atoms with Gasteiger partial charge in [0.05, 0.1) is 11.3 Å². The molecule has 0 saturated heterocycles. The zero-order valence-electron chi connectivity index (χ0n) is 7.48. The molecule has 0 amide bonds. The number of pyridine rings is 1. The van der Waals surface area contributed by atoms with Crippen molar-refractivity contribution < 1.29 is 9.90 Å². The molecule has 0 aliphatic rings. The first-order chi connectivity index (χ1) is 6.74. The number of allylic oxidation sites excluding steroid dienone is 1. The van der Waals surface area contributed by atoms with E-state index in [0.717, 1.165) is 6.42 Å². The van der Waals surface area contributed by atoms with Crippen LogP contribution in [0.4, 0.5) is 0 Å². The van der Waals surface area contributed by atoms with Gasteiger partial charge in [-0.15, -0.1) is 11.6 Å². The van der Waals surface area contributed by atoms with Gasteiger partial charge in [-0.05, 0) is 24.6 Å². The largest absolute Gasteiger partial charge is 0.478 e. The Bertz CT molecular complexity index is 350. The van der Waals surface area contributed by atoms with Crippen LogP contribution >= 0.6 is 11.6 Å². The number of rotatable bonds is 4. The molecule has 0 fully saturated rings. The fourth-order valence-corrected chi connectivity index (χ4v) is 1.07. The van der Waals surface area contributed by atoms with Gasteiger partial charge in [-0.3, -0.25) is 4.98 Å². The summed E-state index contributed by atoms with van der Waals surface area (Å²) in [5, 5.41) is 8.71. The van der Waals surface area contributed by atoms with Gasteiger partial charge in [0.25, 0.3) is 0 Å². The highest BCUT2D eigenvalue weighted by molar-refractivity contribution is 6.17. The Morgan fingerprint density at radius 2 is 2.43 bits per heavy atom. The molecule has 0 radical (unpaired) electrons. The van der Waals surface area contributed by atoms with Crippen LogP contribution in [0.15, 0.2) is 24.4 Å². The van der Waals surface area contributed by atoms with Crippen molar-refractivity contribution in [1.82, 2.24) is 4.98 Å². The maximum absolute atomic E-state index is 10.6. The predicted octanol–water partition coefficient (Wildman–Crippen LogP) is 2.42. The van der Waals surface area contributed by atoms with Crippen molar-refractivity contribution in [2.45, 2.75) is 6.42 Å². The molecule has 1 N–H and O–H groups in total. The molecule has 0 aliphatic heterocycles. The van der Waals surface area contributed by atoms with E-state index in [1.54, 1.807) is 6.08 Å².